The van der Waals surface area contributed by atoms with Crippen LogP contribution in [0.5, 0.6) is 0 Å². The summed E-state index contributed by atoms with van der Waals surface area (Å²) in [5.74, 6) is -0.194. The first-order valence-corrected chi connectivity index (χ1v) is 5.04. The Labute approximate surface area is 97.1 Å². The van der Waals surface area contributed by atoms with Crippen LogP contribution in [0.1, 0.15) is 17.4 Å². The van der Waals surface area contributed by atoms with Gasteiger partial charge in [-0.25, -0.2) is 4.79 Å². The maximum Gasteiger partial charge on any atom is 0.359 e. The summed E-state index contributed by atoms with van der Waals surface area (Å²) < 4.78 is 11.4. The van der Waals surface area contributed by atoms with E-state index in [1.165, 1.54) is 10.9 Å². The minimum Gasteiger partial charge on any atom is -0.461 e. The van der Waals surface area contributed by atoms with Gasteiger partial charge in [-0.2, -0.15) is 5.10 Å². The maximum absolute atomic E-state index is 11.7. The van der Waals surface area contributed by atoms with Gasteiger partial charge in [0.05, 0.1) is 18.4 Å². The molecular formula is C10H12N4O3. The number of rotatable bonds is 3. The first kappa shape index (κ1) is 11.2. The summed E-state index contributed by atoms with van der Waals surface area (Å²) >= 11 is 0. The summed E-state index contributed by atoms with van der Waals surface area (Å²) in [5.41, 5.74) is 6.67. The van der Waals surface area contributed by atoms with E-state index < -0.39 is 5.97 Å². The van der Waals surface area contributed by atoms with E-state index in [-0.39, 0.29) is 12.3 Å². The van der Waals surface area contributed by atoms with Crippen molar-refractivity contribution in [2.75, 3.05) is 12.3 Å². The Morgan fingerprint density at radius 1 is 1.65 bits per heavy atom. The fraction of sp³-hybridized carbons (Fsp3) is 0.300. The molecule has 0 aromatic carbocycles. The summed E-state index contributed by atoms with van der Waals surface area (Å²) in [5, 5.41) is 7.59. The Kier molecular flexibility index (Phi) is 2.82. The number of esters is 1. The number of aryl methyl sites for hydroxylation is 1. The molecule has 7 nitrogen and oxygen atoms in total. The highest BCUT2D eigenvalue weighted by molar-refractivity contribution is 5.95. The van der Waals surface area contributed by atoms with Crippen molar-refractivity contribution in [1.82, 2.24) is 14.9 Å². The molecule has 2 N–H and O–H groups in total. The van der Waals surface area contributed by atoms with Gasteiger partial charge in [0, 0.05) is 13.2 Å². The van der Waals surface area contributed by atoms with Gasteiger partial charge in [-0.1, -0.05) is 5.16 Å². The number of carbonyl (C=O) groups is 1. The minimum atomic E-state index is -0.515. The Bertz CT molecular complexity index is 543. The van der Waals surface area contributed by atoms with Crippen molar-refractivity contribution in [3.05, 3.63) is 18.1 Å². The summed E-state index contributed by atoms with van der Waals surface area (Å²) in [6, 6.07) is 0. The fourth-order valence-electron chi connectivity index (χ4n) is 1.46. The normalized spacial score (nSPS) is 10.5. The van der Waals surface area contributed by atoms with Gasteiger partial charge in [-0.05, 0) is 6.92 Å². The number of nitrogens with zero attached hydrogens (tertiary/aromatic N) is 3. The average Bonchev–Trinajstić information content (AvgIpc) is 2.84. The highest BCUT2D eigenvalue weighted by Gasteiger charge is 2.22. The predicted octanol–water partition coefficient (Wildman–Crippen LogP) is 0.834. The van der Waals surface area contributed by atoms with Gasteiger partial charge in [0.15, 0.2) is 11.5 Å². The molecule has 17 heavy (non-hydrogen) atoms. The van der Waals surface area contributed by atoms with E-state index in [9.17, 15) is 4.79 Å². The van der Waals surface area contributed by atoms with Crippen LogP contribution in [-0.4, -0.2) is 27.5 Å². The van der Waals surface area contributed by atoms with E-state index in [4.69, 9.17) is 15.0 Å². The van der Waals surface area contributed by atoms with Crippen LogP contribution < -0.4 is 5.73 Å². The van der Waals surface area contributed by atoms with Gasteiger partial charge in [0.2, 0.25) is 0 Å². The summed E-state index contributed by atoms with van der Waals surface area (Å²) in [6.07, 6.45) is 3.00. The van der Waals surface area contributed by atoms with Crippen LogP contribution in [0.3, 0.4) is 0 Å². The van der Waals surface area contributed by atoms with Gasteiger partial charge in [0.1, 0.15) is 5.69 Å². The van der Waals surface area contributed by atoms with E-state index in [0.717, 1.165) is 0 Å². The van der Waals surface area contributed by atoms with Crippen LogP contribution in [0.15, 0.2) is 16.9 Å². The summed E-state index contributed by atoms with van der Waals surface area (Å²) in [6.45, 7) is 2.00. The second-order valence-corrected chi connectivity index (χ2v) is 3.40. The fourth-order valence-corrected chi connectivity index (χ4v) is 1.46. The van der Waals surface area contributed by atoms with Gasteiger partial charge in [0.25, 0.3) is 0 Å². The second kappa shape index (κ2) is 4.28. The van der Waals surface area contributed by atoms with Gasteiger partial charge in [-0.15, -0.1) is 0 Å². The molecule has 0 saturated carbocycles. The lowest BCUT2D eigenvalue weighted by molar-refractivity contribution is 0.0519. The lowest BCUT2D eigenvalue weighted by Crippen LogP contribution is -2.07. The van der Waals surface area contributed by atoms with Crippen molar-refractivity contribution in [1.29, 1.82) is 0 Å². The smallest absolute Gasteiger partial charge is 0.359 e. The Morgan fingerprint density at radius 3 is 3.00 bits per heavy atom. The Balaban J connectivity index is 2.48. The highest BCUT2D eigenvalue weighted by Crippen LogP contribution is 2.28. The number of nitrogen functional groups attached to an aromatic ring is 1. The van der Waals surface area contributed by atoms with E-state index in [2.05, 4.69) is 10.3 Å². The van der Waals surface area contributed by atoms with Crippen LogP contribution in [0.25, 0.3) is 11.3 Å². The number of hydrogen-bond acceptors (Lipinski definition) is 6. The molecule has 0 spiro atoms. The third-order valence-electron chi connectivity index (χ3n) is 2.14. The number of nitrogens with two attached hydrogens (primary N) is 1. The molecular weight excluding hydrogens is 224 g/mol. The van der Waals surface area contributed by atoms with E-state index in [1.54, 1.807) is 20.2 Å². The van der Waals surface area contributed by atoms with Crippen LogP contribution >= 0.6 is 0 Å². The van der Waals surface area contributed by atoms with Crippen molar-refractivity contribution in [3.8, 4) is 11.3 Å². The quantitative estimate of drug-likeness (QED) is 0.793. The zero-order valence-corrected chi connectivity index (χ0v) is 9.51. The summed E-state index contributed by atoms with van der Waals surface area (Å²) in [7, 11) is 1.69. The minimum absolute atomic E-state index is 0.165. The highest BCUT2D eigenvalue weighted by atomic mass is 16.5. The van der Waals surface area contributed by atoms with Crippen LogP contribution in [-0.2, 0) is 11.8 Å². The lowest BCUT2D eigenvalue weighted by Gasteiger charge is -1.99. The number of aromatic nitrogens is 3. The Morgan fingerprint density at radius 2 is 2.41 bits per heavy atom. The monoisotopic (exact) mass is 236 g/mol. The first-order valence-electron chi connectivity index (χ1n) is 5.04. The van der Waals surface area contributed by atoms with E-state index in [1.807, 2.05) is 0 Å². The summed E-state index contributed by atoms with van der Waals surface area (Å²) in [4.78, 5) is 11.7. The average molecular weight is 236 g/mol. The van der Waals surface area contributed by atoms with Crippen LogP contribution in [0, 0.1) is 0 Å². The first-order chi connectivity index (χ1) is 8.13. The molecule has 2 rings (SSSR count). The number of ether oxygens (including phenoxy) is 1. The third kappa shape index (κ3) is 1.99. The zero-order chi connectivity index (χ0) is 12.4. The van der Waals surface area contributed by atoms with Crippen LogP contribution in [0.4, 0.5) is 5.69 Å². The predicted molar refractivity (Wildman–Crippen MR) is 59.1 cm³/mol. The molecule has 0 unspecified atom stereocenters. The van der Waals surface area contributed by atoms with Gasteiger partial charge >= 0.3 is 5.97 Å². The largest absolute Gasteiger partial charge is 0.461 e. The van der Waals surface area contributed by atoms with Gasteiger partial charge in [-0.3, -0.25) is 4.68 Å². The molecule has 0 aliphatic heterocycles. The SMILES string of the molecule is CCOC(=O)c1nn(C)cc1-c1oncc1N. The standard InChI is InChI=1S/C10H12N4O3/c1-3-16-10(15)8-6(5-14(2)13-8)9-7(11)4-12-17-9/h4-5H,3,11H2,1-2H3. The number of carbonyl (C=O) groups excluding carboxylic acids is 1. The molecule has 0 aliphatic carbocycles. The molecule has 0 radical (unpaired) electrons. The molecule has 0 fully saturated rings. The van der Waals surface area contributed by atoms with E-state index in [0.29, 0.717) is 17.0 Å². The number of anilines is 1. The lowest BCUT2D eigenvalue weighted by atomic mass is 10.2. The molecule has 0 amide bonds. The van der Waals surface area contributed by atoms with Gasteiger partial charge < -0.3 is 15.0 Å². The zero-order valence-electron chi connectivity index (χ0n) is 9.51. The molecule has 0 atom stereocenters. The second-order valence-electron chi connectivity index (χ2n) is 3.40. The van der Waals surface area contributed by atoms with Crippen molar-refractivity contribution in [2.24, 2.45) is 7.05 Å². The van der Waals surface area contributed by atoms with Crippen molar-refractivity contribution >= 4 is 11.7 Å². The van der Waals surface area contributed by atoms with Crippen LogP contribution in [0.2, 0.25) is 0 Å². The topological polar surface area (TPSA) is 96.2 Å². The molecule has 90 valence electrons. The maximum atomic E-state index is 11.7. The number of hydrogen-bond donors (Lipinski definition) is 1. The van der Waals surface area contributed by atoms with Crippen molar-refractivity contribution in [2.45, 2.75) is 6.92 Å². The molecule has 0 saturated heterocycles. The Hall–Kier alpha value is -2.31. The molecule has 7 heteroatoms. The molecule has 2 aromatic heterocycles. The van der Waals surface area contributed by atoms with Crippen molar-refractivity contribution < 1.29 is 14.1 Å². The molecule has 2 aromatic rings. The third-order valence-corrected chi connectivity index (χ3v) is 2.14. The van der Waals surface area contributed by atoms with E-state index >= 15 is 0 Å². The molecule has 0 bridgehead atoms. The molecule has 0 aliphatic rings. The van der Waals surface area contributed by atoms with Crippen molar-refractivity contribution in [3.63, 3.8) is 0 Å². The molecule has 2 heterocycles.